The Morgan fingerprint density at radius 2 is 2.25 bits per heavy atom. The van der Waals surface area contributed by atoms with Crippen LogP contribution in [0, 0.1) is 0 Å². The van der Waals surface area contributed by atoms with Gasteiger partial charge in [0.15, 0.2) is 0 Å². The molecule has 0 amide bonds. The lowest BCUT2D eigenvalue weighted by atomic mass is 10.1. The molecule has 0 radical (unpaired) electrons. The molecule has 0 aromatic rings. The van der Waals surface area contributed by atoms with Crippen LogP contribution in [0.4, 0.5) is 0 Å². The summed E-state index contributed by atoms with van der Waals surface area (Å²) in [6, 6.07) is 0.267. The van der Waals surface area contributed by atoms with Crippen LogP contribution in [0.2, 0.25) is 0 Å². The highest BCUT2D eigenvalue weighted by Crippen LogP contribution is 2.05. The number of hydrogen-bond acceptors (Lipinski definition) is 2. The summed E-state index contributed by atoms with van der Waals surface area (Å²) in [5, 5.41) is 0. The van der Waals surface area contributed by atoms with Gasteiger partial charge in [-0.3, -0.25) is 0 Å². The summed E-state index contributed by atoms with van der Waals surface area (Å²) in [5.41, 5.74) is 7.01. The molecule has 2 heteroatoms. The van der Waals surface area contributed by atoms with Crippen molar-refractivity contribution in [3.8, 4) is 0 Å². The Balaban J connectivity index is 3.19. The molecular weight excluding hydrogens is 150 g/mol. The fourth-order valence-electron chi connectivity index (χ4n) is 1.14. The van der Waals surface area contributed by atoms with Crippen LogP contribution in [-0.4, -0.2) is 19.3 Å². The summed E-state index contributed by atoms with van der Waals surface area (Å²) in [6.45, 7) is 9.49. The van der Waals surface area contributed by atoms with Gasteiger partial charge in [-0.1, -0.05) is 5.57 Å². The van der Waals surface area contributed by atoms with Gasteiger partial charge >= 0.3 is 0 Å². The maximum atomic E-state index is 5.84. The molecule has 1 unspecified atom stereocenters. The first-order chi connectivity index (χ1) is 5.66. The third-order valence-corrected chi connectivity index (χ3v) is 1.68. The van der Waals surface area contributed by atoms with Gasteiger partial charge in [0.2, 0.25) is 0 Å². The molecule has 0 heterocycles. The molecule has 2 N–H and O–H groups in total. The van der Waals surface area contributed by atoms with Crippen LogP contribution in [0.1, 0.15) is 33.1 Å². The topological polar surface area (TPSA) is 35.2 Å². The van der Waals surface area contributed by atoms with Crippen molar-refractivity contribution in [1.29, 1.82) is 0 Å². The van der Waals surface area contributed by atoms with Crippen LogP contribution in [0.15, 0.2) is 12.2 Å². The minimum Gasteiger partial charge on any atom is -0.382 e. The van der Waals surface area contributed by atoms with Gasteiger partial charge in [-0.25, -0.2) is 0 Å². The van der Waals surface area contributed by atoms with Crippen molar-refractivity contribution in [2.45, 2.75) is 39.2 Å². The third kappa shape index (κ3) is 7.76. The maximum absolute atomic E-state index is 5.84. The highest BCUT2D eigenvalue weighted by molar-refractivity contribution is 4.91. The lowest BCUT2D eigenvalue weighted by Crippen LogP contribution is -2.20. The minimum atomic E-state index is 0.267. The summed E-state index contributed by atoms with van der Waals surface area (Å²) >= 11 is 0. The molecule has 0 bridgehead atoms. The average Bonchev–Trinajstić information content (AvgIpc) is 1.97. The van der Waals surface area contributed by atoms with Gasteiger partial charge in [0, 0.05) is 19.3 Å². The van der Waals surface area contributed by atoms with Crippen molar-refractivity contribution < 1.29 is 4.74 Å². The Morgan fingerprint density at radius 1 is 1.58 bits per heavy atom. The molecule has 0 aliphatic heterocycles. The van der Waals surface area contributed by atoms with Crippen molar-refractivity contribution in [2.24, 2.45) is 5.73 Å². The Morgan fingerprint density at radius 3 is 2.75 bits per heavy atom. The molecule has 2 nitrogen and oxygen atoms in total. The van der Waals surface area contributed by atoms with Crippen LogP contribution in [-0.2, 0) is 4.74 Å². The Labute approximate surface area is 75.8 Å². The Kier molecular flexibility index (Phi) is 7.11. The third-order valence-electron chi connectivity index (χ3n) is 1.68. The van der Waals surface area contributed by atoms with E-state index in [0.29, 0.717) is 0 Å². The number of hydrogen-bond donors (Lipinski definition) is 1. The summed E-state index contributed by atoms with van der Waals surface area (Å²) < 4.78 is 5.21. The smallest absolute Gasteiger partial charge is 0.0466 e. The second-order valence-electron chi connectivity index (χ2n) is 3.26. The predicted molar refractivity (Wildman–Crippen MR) is 53.1 cm³/mol. The van der Waals surface area contributed by atoms with E-state index in [1.54, 1.807) is 0 Å². The zero-order valence-corrected chi connectivity index (χ0v) is 8.31. The molecule has 0 aliphatic carbocycles. The lowest BCUT2D eigenvalue weighted by molar-refractivity contribution is 0.142. The number of rotatable bonds is 7. The van der Waals surface area contributed by atoms with E-state index in [2.05, 4.69) is 6.58 Å². The monoisotopic (exact) mass is 171 g/mol. The normalized spacial score (nSPS) is 12.9. The fourth-order valence-corrected chi connectivity index (χ4v) is 1.14. The summed E-state index contributed by atoms with van der Waals surface area (Å²) in [5.74, 6) is 0. The predicted octanol–water partition coefficient (Wildman–Crippen LogP) is 2.10. The van der Waals surface area contributed by atoms with Crippen LogP contribution >= 0.6 is 0 Å². The van der Waals surface area contributed by atoms with Crippen LogP contribution in [0.5, 0.6) is 0 Å². The molecule has 0 aromatic carbocycles. The van der Waals surface area contributed by atoms with Gasteiger partial charge in [0.25, 0.3) is 0 Å². The van der Waals surface area contributed by atoms with E-state index in [4.69, 9.17) is 10.5 Å². The Bertz CT molecular complexity index is 123. The first kappa shape index (κ1) is 11.7. The Hall–Kier alpha value is -0.340. The van der Waals surface area contributed by atoms with Gasteiger partial charge in [-0.15, -0.1) is 6.58 Å². The minimum absolute atomic E-state index is 0.267. The number of nitrogens with two attached hydrogens (primary N) is 1. The van der Waals surface area contributed by atoms with Gasteiger partial charge in [-0.05, 0) is 33.1 Å². The van der Waals surface area contributed by atoms with Crippen LogP contribution in [0.25, 0.3) is 0 Å². The molecule has 72 valence electrons. The highest BCUT2D eigenvalue weighted by Gasteiger charge is 2.01. The van der Waals surface area contributed by atoms with E-state index < -0.39 is 0 Å². The van der Waals surface area contributed by atoms with Crippen molar-refractivity contribution in [3.63, 3.8) is 0 Å². The first-order valence-electron chi connectivity index (χ1n) is 4.64. The summed E-state index contributed by atoms with van der Waals surface area (Å²) in [7, 11) is 0. The molecule has 0 spiro atoms. The van der Waals surface area contributed by atoms with E-state index in [9.17, 15) is 0 Å². The molecule has 0 saturated heterocycles. The van der Waals surface area contributed by atoms with Crippen LogP contribution < -0.4 is 5.73 Å². The molecule has 12 heavy (non-hydrogen) atoms. The second-order valence-corrected chi connectivity index (χ2v) is 3.26. The van der Waals surface area contributed by atoms with Gasteiger partial charge in [0.05, 0.1) is 0 Å². The number of ether oxygens (including phenoxy) is 1. The summed E-state index contributed by atoms with van der Waals surface area (Å²) in [4.78, 5) is 0. The van der Waals surface area contributed by atoms with Gasteiger partial charge < -0.3 is 10.5 Å². The molecule has 0 aromatic heterocycles. The van der Waals surface area contributed by atoms with E-state index in [1.807, 2.05) is 13.8 Å². The SMILES string of the molecule is C=C(C)CC(N)CCCOCC. The second kappa shape index (κ2) is 7.32. The first-order valence-corrected chi connectivity index (χ1v) is 4.64. The maximum Gasteiger partial charge on any atom is 0.0466 e. The van der Waals surface area contributed by atoms with Gasteiger partial charge in [0.1, 0.15) is 0 Å². The summed E-state index contributed by atoms with van der Waals surface area (Å²) in [6.07, 6.45) is 3.03. The van der Waals surface area contributed by atoms with Crippen molar-refractivity contribution >= 4 is 0 Å². The van der Waals surface area contributed by atoms with Crippen molar-refractivity contribution in [2.75, 3.05) is 13.2 Å². The largest absolute Gasteiger partial charge is 0.382 e. The van der Waals surface area contributed by atoms with Crippen molar-refractivity contribution in [3.05, 3.63) is 12.2 Å². The molecular formula is C10H21NO. The van der Waals surface area contributed by atoms with E-state index in [1.165, 1.54) is 5.57 Å². The average molecular weight is 171 g/mol. The quantitative estimate of drug-likeness (QED) is 0.470. The zero-order valence-electron chi connectivity index (χ0n) is 8.31. The van der Waals surface area contributed by atoms with Crippen LogP contribution in [0.3, 0.4) is 0 Å². The molecule has 0 saturated carbocycles. The standard InChI is InChI=1S/C10H21NO/c1-4-12-7-5-6-10(11)8-9(2)3/h10H,2,4-8,11H2,1,3H3. The molecule has 1 atom stereocenters. The lowest BCUT2D eigenvalue weighted by Gasteiger charge is -2.10. The fraction of sp³-hybridized carbons (Fsp3) is 0.800. The molecule has 0 fully saturated rings. The van der Waals surface area contributed by atoms with Crippen molar-refractivity contribution in [1.82, 2.24) is 0 Å². The van der Waals surface area contributed by atoms with E-state index in [0.717, 1.165) is 32.5 Å². The highest BCUT2D eigenvalue weighted by atomic mass is 16.5. The zero-order chi connectivity index (χ0) is 9.40. The van der Waals surface area contributed by atoms with E-state index in [-0.39, 0.29) is 6.04 Å². The molecule has 0 aliphatic rings. The van der Waals surface area contributed by atoms with Gasteiger partial charge in [-0.2, -0.15) is 0 Å². The van der Waals surface area contributed by atoms with E-state index >= 15 is 0 Å². The molecule has 0 rings (SSSR count).